The summed E-state index contributed by atoms with van der Waals surface area (Å²) in [4.78, 5) is 28.1. The third-order valence-electron chi connectivity index (χ3n) is 6.17. The SMILES string of the molecule is CCOC(=O)N1CCN(C(=O)c2cc3cc(S(=O)(=O)N4CCC(C)CC4)ccc3o2)CC1. The van der Waals surface area contributed by atoms with E-state index < -0.39 is 10.0 Å². The van der Waals surface area contributed by atoms with Gasteiger partial charge in [-0.25, -0.2) is 13.2 Å². The Bertz CT molecular complexity index is 1100. The molecule has 2 aromatic rings. The van der Waals surface area contributed by atoms with Crippen molar-refractivity contribution >= 4 is 33.0 Å². The number of hydrogen-bond acceptors (Lipinski definition) is 6. The van der Waals surface area contributed by atoms with E-state index in [0.29, 0.717) is 62.8 Å². The lowest BCUT2D eigenvalue weighted by molar-refractivity contribution is 0.0548. The number of piperidine rings is 1. The van der Waals surface area contributed by atoms with E-state index in [-0.39, 0.29) is 22.7 Å². The van der Waals surface area contributed by atoms with Crippen molar-refractivity contribution in [3.8, 4) is 0 Å². The number of piperazine rings is 1. The first-order valence-electron chi connectivity index (χ1n) is 11.0. The summed E-state index contributed by atoms with van der Waals surface area (Å²) < 4.78 is 38.3. The number of sulfonamides is 1. The number of carbonyl (C=O) groups excluding carboxylic acids is 2. The maximum absolute atomic E-state index is 13.0. The number of amides is 2. The summed E-state index contributed by atoms with van der Waals surface area (Å²) in [5, 5.41) is 0.574. The largest absolute Gasteiger partial charge is 0.451 e. The molecule has 0 atom stereocenters. The molecule has 0 aliphatic carbocycles. The highest BCUT2D eigenvalue weighted by Gasteiger charge is 2.30. The highest BCUT2D eigenvalue weighted by Crippen LogP contribution is 2.28. The molecule has 174 valence electrons. The van der Waals surface area contributed by atoms with Crippen molar-refractivity contribution in [2.75, 3.05) is 45.9 Å². The van der Waals surface area contributed by atoms with Crippen LogP contribution in [0.2, 0.25) is 0 Å². The number of rotatable bonds is 4. The summed E-state index contributed by atoms with van der Waals surface area (Å²) in [6.07, 6.45) is 1.34. The Kier molecular flexibility index (Phi) is 6.43. The molecule has 0 unspecified atom stereocenters. The van der Waals surface area contributed by atoms with Gasteiger partial charge < -0.3 is 19.0 Å². The maximum Gasteiger partial charge on any atom is 0.409 e. The fraction of sp³-hybridized carbons (Fsp3) is 0.545. The predicted octanol–water partition coefficient (Wildman–Crippen LogP) is 2.77. The van der Waals surface area contributed by atoms with E-state index in [1.807, 2.05) is 0 Å². The molecule has 4 rings (SSSR count). The fourth-order valence-electron chi connectivity index (χ4n) is 4.12. The lowest BCUT2D eigenvalue weighted by Crippen LogP contribution is -2.50. The topological polar surface area (TPSA) is 100 Å². The summed E-state index contributed by atoms with van der Waals surface area (Å²) in [7, 11) is -3.58. The summed E-state index contributed by atoms with van der Waals surface area (Å²) >= 11 is 0. The molecule has 10 heteroatoms. The van der Waals surface area contributed by atoms with Crippen LogP contribution in [0.15, 0.2) is 33.6 Å². The number of benzene rings is 1. The smallest absolute Gasteiger partial charge is 0.409 e. The monoisotopic (exact) mass is 463 g/mol. The quantitative estimate of drug-likeness (QED) is 0.691. The molecule has 32 heavy (non-hydrogen) atoms. The van der Waals surface area contributed by atoms with Gasteiger partial charge in [0.1, 0.15) is 5.58 Å². The number of furan rings is 1. The first kappa shape index (κ1) is 22.6. The molecule has 1 aromatic carbocycles. The first-order valence-corrected chi connectivity index (χ1v) is 12.5. The summed E-state index contributed by atoms with van der Waals surface area (Å²) in [5.41, 5.74) is 0.463. The minimum atomic E-state index is -3.58. The van der Waals surface area contributed by atoms with Gasteiger partial charge in [0.15, 0.2) is 5.76 Å². The number of ether oxygens (including phenoxy) is 1. The Labute approximate surface area is 187 Å². The molecule has 9 nitrogen and oxygen atoms in total. The van der Waals surface area contributed by atoms with Crippen molar-refractivity contribution in [2.45, 2.75) is 31.6 Å². The zero-order valence-corrected chi connectivity index (χ0v) is 19.3. The molecule has 2 saturated heterocycles. The van der Waals surface area contributed by atoms with E-state index in [1.165, 1.54) is 10.4 Å². The first-order chi connectivity index (χ1) is 15.3. The molecule has 2 amide bonds. The van der Waals surface area contributed by atoms with Crippen molar-refractivity contribution in [1.82, 2.24) is 14.1 Å². The van der Waals surface area contributed by atoms with Gasteiger partial charge in [0.05, 0.1) is 11.5 Å². The van der Waals surface area contributed by atoms with E-state index in [4.69, 9.17) is 9.15 Å². The standard InChI is InChI=1S/C22H29N3O6S/c1-3-30-22(27)24-12-10-23(11-13-24)21(26)20-15-17-14-18(4-5-19(17)31-20)32(28,29)25-8-6-16(2)7-9-25/h4-5,14-16H,3,6-13H2,1-2H3. The van der Waals surface area contributed by atoms with Crippen LogP contribution in [0.4, 0.5) is 4.79 Å². The van der Waals surface area contributed by atoms with Gasteiger partial charge in [0.25, 0.3) is 5.91 Å². The van der Waals surface area contributed by atoms with Gasteiger partial charge in [-0.1, -0.05) is 6.92 Å². The molecule has 0 N–H and O–H groups in total. The third-order valence-corrected chi connectivity index (χ3v) is 8.07. The maximum atomic E-state index is 13.0. The molecule has 3 heterocycles. The zero-order valence-electron chi connectivity index (χ0n) is 18.5. The number of hydrogen-bond donors (Lipinski definition) is 0. The molecular weight excluding hydrogens is 434 g/mol. The Morgan fingerprint density at radius 3 is 2.34 bits per heavy atom. The van der Waals surface area contributed by atoms with E-state index in [0.717, 1.165) is 12.8 Å². The van der Waals surface area contributed by atoms with Gasteiger partial charge in [-0.3, -0.25) is 4.79 Å². The zero-order chi connectivity index (χ0) is 22.9. The molecule has 2 aliphatic rings. The highest BCUT2D eigenvalue weighted by molar-refractivity contribution is 7.89. The molecular formula is C22H29N3O6S. The van der Waals surface area contributed by atoms with Crippen LogP contribution in [0.25, 0.3) is 11.0 Å². The molecule has 2 fully saturated rings. The van der Waals surface area contributed by atoms with Gasteiger partial charge in [-0.05, 0) is 49.9 Å². The Balaban J connectivity index is 1.47. The van der Waals surface area contributed by atoms with Crippen LogP contribution in [0.5, 0.6) is 0 Å². The second-order valence-corrected chi connectivity index (χ2v) is 10.3. The van der Waals surface area contributed by atoms with Crippen molar-refractivity contribution in [1.29, 1.82) is 0 Å². The van der Waals surface area contributed by atoms with Crippen LogP contribution >= 0.6 is 0 Å². The molecule has 2 aliphatic heterocycles. The normalized spacial score (nSPS) is 18.8. The predicted molar refractivity (Wildman–Crippen MR) is 118 cm³/mol. The fourth-order valence-corrected chi connectivity index (χ4v) is 5.63. The van der Waals surface area contributed by atoms with E-state index in [1.54, 1.807) is 34.9 Å². The summed E-state index contributed by atoms with van der Waals surface area (Å²) in [6, 6.07) is 6.30. The van der Waals surface area contributed by atoms with Crippen molar-refractivity contribution in [2.24, 2.45) is 5.92 Å². The second kappa shape index (κ2) is 9.11. The number of carbonyl (C=O) groups is 2. The van der Waals surface area contributed by atoms with Crippen molar-refractivity contribution < 1.29 is 27.2 Å². The molecule has 1 aromatic heterocycles. The van der Waals surface area contributed by atoms with Gasteiger partial charge in [-0.15, -0.1) is 0 Å². The summed E-state index contributed by atoms with van der Waals surface area (Å²) in [5.74, 6) is 0.413. The second-order valence-electron chi connectivity index (χ2n) is 8.38. The van der Waals surface area contributed by atoms with Crippen LogP contribution in [0, 0.1) is 5.92 Å². The average molecular weight is 464 g/mol. The van der Waals surface area contributed by atoms with Gasteiger partial charge in [-0.2, -0.15) is 4.31 Å². The average Bonchev–Trinajstić information content (AvgIpc) is 3.22. The van der Waals surface area contributed by atoms with Crippen molar-refractivity contribution in [3.63, 3.8) is 0 Å². The molecule has 0 bridgehead atoms. The van der Waals surface area contributed by atoms with Crippen LogP contribution in [-0.4, -0.2) is 80.4 Å². The molecule has 0 spiro atoms. The van der Waals surface area contributed by atoms with Crippen LogP contribution < -0.4 is 0 Å². The summed E-state index contributed by atoms with van der Waals surface area (Å²) in [6.45, 7) is 6.78. The van der Waals surface area contributed by atoms with E-state index in [9.17, 15) is 18.0 Å². The number of nitrogens with zero attached hydrogens (tertiary/aromatic N) is 3. The van der Waals surface area contributed by atoms with Gasteiger partial charge >= 0.3 is 6.09 Å². The minimum Gasteiger partial charge on any atom is -0.451 e. The van der Waals surface area contributed by atoms with E-state index >= 15 is 0 Å². The van der Waals surface area contributed by atoms with Crippen molar-refractivity contribution in [3.05, 3.63) is 30.0 Å². The number of fused-ring (bicyclic) bond motifs is 1. The lowest BCUT2D eigenvalue weighted by Gasteiger charge is -2.33. The van der Waals surface area contributed by atoms with Crippen LogP contribution in [-0.2, 0) is 14.8 Å². The third kappa shape index (κ3) is 4.47. The Morgan fingerprint density at radius 1 is 1.03 bits per heavy atom. The van der Waals surface area contributed by atoms with Crippen LogP contribution in [0.1, 0.15) is 37.2 Å². The van der Waals surface area contributed by atoms with E-state index in [2.05, 4.69) is 6.92 Å². The van der Waals surface area contributed by atoms with Crippen LogP contribution in [0.3, 0.4) is 0 Å². The Morgan fingerprint density at radius 2 is 1.69 bits per heavy atom. The Hall–Kier alpha value is -2.59. The minimum absolute atomic E-state index is 0.158. The molecule has 0 saturated carbocycles. The van der Waals surface area contributed by atoms with Gasteiger partial charge in [0.2, 0.25) is 10.0 Å². The lowest BCUT2D eigenvalue weighted by atomic mass is 10.0. The van der Waals surface area contributed by atoms with Gasteiger partial charge in [0, 0.05) is 44.7 Å². The molecule has 0 radical (unpaired) electrons. The highest BCUT2D eigenvalue weighted by atomic mass is 32.2.